The van der Waals surface area contributed by atoms with Gasteiger partial charge in [0.2, 0.25) is 5.91 Å². The third-order valence-electron chi connectivity index (χ3n) is 4.68. The van der Waals surface area contributed by atoms with Gasteiger partial charge in [-0.2, -0.15) is 0 Å². The number of aryl methyl sites for hydroxylation is 1. The number of nitrogens with zero attached hydrogens (tertiary/aromatic N) is 1. The second kappa shape index (κ2) is 7.60. The first-order chi connectivity index (χ1) is 10.1. The normalized spacial score (nSPS) is 22.0. The van der Waals surface area contributed by atoms with Gasteiger partial charge in [0.15, 0.2) is 0 Å². The van der Waals surface area contributed by atoms with Gasteiger partial charge in [-0.15, -0.1) is 0 Å². The maximum atomic E-state index is 12.7. The highest BCUT2D eigenvalue weighted by Gasteiger charge is 2.28. The first-order valence-corrected chi connectivity index (χ1v) is 8.18. The molecule has 21 heavy (non-hydrogen) atoms. The molecule has 116 valence electrons. The number of hydrogen-bond donors (Lipinski definition) is 1. The molecule has 3 nitrogen and oxygen atoms in total. The summed E-state index contributed by atoms with van der Waals surface area (Å²) in [5.41, 5.74) is 8.20. The van der Waals surface area contributed by atoms with Crippen LogP contribution < -0.4 is 5.73 Å². The van der Waals surface area contributed by atoms with Crippen molar-refractivity contribution in [2.24, 2.45) is 17.6 Å². The summed E-state index contributed by atoms with van der Waals surface area (Å²) in [6.45, 7) is 6.44. The highest BCUT2D eigenvalue weighted by Crippen LogP contribution is 2.29. The largest absolute Gasteiger partial charge is 0.338 e. The molecule has 2 N–H and O–H groups in total. The summed E-state index contributed by atoms with van der Waals surface area (Å²) in [6.07, 6.45) is 4.22. The van der Waals surface area contributed by atoms with Crippen LogP contribution in [0.1, 0.15) is 43.7 Å². The van der Waals surface area contributed by atoms with E-state index in [1.807, 2.05) is 4.90 Å². The molecule has 0 aromatic heterocycles. The lowest BCUT2D eigenvalue weighted by Gasteiger charge is -2.31. The number of amides is 1. The highest BCUT2D eigenvalue weighted by atomic mass is 16.2. The number of carbonyl (C=O) groups is 1. The van der Waals surface area contributed by atoms with E-state index >= 15 is 0 Å². The van der Waals surface area contributed by atoms with Crippen LogP contribution in [0.2, 0.25) is 0 Å². The number of nitrogens with two attached hydrogens (primary N) is 1. The van der Waals surface area contributed by atoms with E-state index in [0.29, 0.717) is 11.8 Å². The standard InChI is InChI=1S/C18H28N2O/c1-3-20(13-16-6-4-5-14(2)11-16)18(21)17-9-7-15(12-19)8-10-17/h4-6,11,15,17H,3,7-10,12-13,19H2,1-2H3. The Bertz CT molecular complexity index is 464. The van der Waals surface area contributed by atoms with Crippen molar-refractivity contribution in [2.45, 2.75) is 46.1 Å². The molecule has 1 amide bonds. The van der Waals surface area contributed by atoms with Crippen LogP contribution >= 0.6 is 0 Å². The Kier molecular flexibility index (Phi) is 5.80. The Balaban J connectivity index is 1.96. The molecular formula is C18H28N2O. The van der Waals surface area contributed by atoms with E-state index in [9.17, 15) is 4.79 Å². The topological polar surface area (TPSA) is 46.3 Å². The minimum Gasteiger partial charge on any atom is -0.338 e. The molecule has 1 aliphatic carbocycles. The molecule has 1 fully saturated rings. The molecule has 0 heterocycles. The van der Waals surface area contributed by atoms with Gasteiger partial charge in [-0.25, -0.2) is 0 Å². The fourth-order valence-corrected chi connectivity index (χ4v) is 3.28. The highest BCUT2D eigenvalue weighted by molar-refractivity contribution is 5.78. The van der Waals surface area contributed by atoms with Gasteiger partial charge in [-0.1, -0.05) is 29.8 Å². The van der Waals surface area contributed by atoms with Gasteiger partial charge in [0.05, 0.1) is 0 Å². The number of carbonyl (C=O) groups excluding carboxylic acids is 1. The second-order valence-corrected chi connectivity index (χ2v) is 6.29. The lowest BCUT2D eigenvalue weighted by Crippen LogP contribution is -2.37. The molecule has 0 radical (unpaired) electrons. The van der Waals surface area contributed by atoms with Gasteiger partial charge in [-0.05, 0) is 57.6 Å². The van der Waals surface area contributed by atoms with E-state index < -0.39 is 0 Å². The van der Waals surface area contributed by atoms with Crippen LogP contribution in [-0.2, 0) is 11.3 Å². The minimum atomic E-state index is 0.206. The van der Waals surface area contributed by atoms with Crippen LogP contribution in [0.15, 0.2) is 24.3 Å². The van der Waals surface area contributed by atoms with Crippen LogP contribution in [0.5, 0.6) is 0 Å². The average Bonchev–Trinajstić information content (AvgIpc) is 2.52. The third-order valence-corrected chi connectivity index (χ3v) is 4.68. The molecule has 0 atom stereocenters. The van der Waals surface area contributed by atoms with Crippen molar-refractivity contribution in [3.05, 3.63) is 35.4 Å². The summed E-state index contributed by atoms with van der Waals surface area (Å²) in [5.74, 6) is 1.16. The average molecular weight is 288 g/mol. The first-order valence-electron chi connectivity index (χ1n) is 8.18. The SMILES string of the molecule is CCN(Cc1cccc(C)c1)C(=O)C1CCC(CN)CC1. The Morgan fingerprint density at radius 3 is 2.57 bits per heavy atom. The molecule has 1 aliphatic rings. The third kappa shape index (κ3) is 4.31. The number of benzene rings is 1. The Morgan fingerprint density at radius 1 is 1.29 bits per heavy atom. The van der Waals surface area contributed by atoms with Crippen molar-refractivity contribution in [3.63, 3.8) is 0 Å². The minimum absolute atomic E-state index is 0.206. The van der Waals surface area contributed by atoms with Crippen molar-refractivity contribution in [3.8, 4) is 0 Å². The predicted octanol–water partition coefficient (Wildman–Crippen LogP) is 3.11. The first kappa shape index (κ1) is 16.0. The molecule has 0 unspecified atom stereocenters. The summed E-state index contributed by atoms with van der Waals surface area (Å²) in [5, 5.41) is 0. The summed E-state index contributed by atoms with van der Waals surface area (Å²) in [4.78, 5) is 14.7. The van der Waals surface area contributed by atoms with Crippen LogP contribution in [0, 0.1) is 18.8 Å². The van der Waals surface area contributed by atoms with Crippen molar-refractivity contribution < 1.29 is 4.79 Å². The second-order valence-electron chi connectivity index (χ2n) is 6.29. The van der Waals surface area contributed by atoms with Crippen molar-refractivity contribution >= 4 is 5.91 Å². The van der Waals surface area contributed by atoms with Gasteiger partial charge >= 0.3 is 0 Å². The number of rotatable bonds is 5. The zero-order valence-corrected chi connectivity index (χ0v) is 13.3. The van der Waals surface area contributed by atoms with Gasteiger partial charge in [0.1, 0.15) is 0 Å². The van der Waals surface area contributed by atoms with Crippen LogP contribution in [-0.4, -0.2) is 23.9 Å². The van der Waals surface area contributed by atoms with E-state index in [-0.39, 0.29) is 5.92 Å². The molecule has 0 saturated heterocycles. The predicted molar refractivity (Wildman–Crippen MR) is 86.8 cm³/mol. The molecule has 2 rings (SSSR count). The fourth-order valence-electron chi connectivity index (χ4n) is 3.28. The van der Waals surface area contributed by atoms with Crippen LogP contribution in [0.4, 0.5) is 0 Å². The molecule has 0 bridgehead atoms. The molecule has 1 aromatic carbocycles. The number of hydrogen-bond acceptors (Lipinski definition) is 2. The molecule has 3 heteroatoms. The zero-order valence-electron chi connectivity index (χ0n) is 13.3. The van der Waals surface area contributed by atoms with Crippen LogP contribution in [0.25, 0.3) is 0 Å². The van der Waals surface area contributed by atoms with Crippen LogP contribution in [0.3, 0.4) is 0 Å². The molecule has 0 aliphatic heterocycles. The quantitative estimate of drug-likeness (QED) is 0.905. The maximum absolute atomic E-state index is 12.7. The van der Waals surface area contributed by atoms with E-state index in [2.05, 4.69) is 38.1 Å². The summed E-state index contributed by atoms with van der Waals surface area (Å²) >= 11 is 0. The van der Waals surface area contributed by atoms with Gasteiger partial charge in [0, 0.05) is 19.0 Å². The molecule has 1 saturated carbocycles. The van der Waals surface area contributed by atoms with E-state index in [1.165, 1.54) is 11.1 Å². The zero-order chi connectivity index (χ0) is 15.2. The van der Waals surface area contributed by atoms with Crippen molar-refractivity contribution in [2.75, 3.05) is 13.1 Å². The van der Waals surface area contributed by atoms with Gasteiger partial charge in [-0.3, -0.25) is 4.79 Å². The molecule has 1 aromatic rings. The van der Waals surface area contributed by atoms with Crippen molar-refractivity contribution in [1.29, 1.82) is 0 Å². The monoisotopic (exact) mass is 288 g/mol. The smallest absolute Gasteiger partial charge is 0.225 e. The van der Waals surface area contributed by atoms with Crippen molar-refractivity contribution in [1.82, 2.24) is 4.90 Å². The fraction of sp³-hybridized carbons (Fsp3) is 0.611. The molecule has 0 spiro atoms. The maximum Gasteiger partial charge on any atom is 0.225 e. The van der Waals surface area contributed by atoms with E-state index in [1.54, 1.807) is 0 Å². The Morgan fingerprint density at radius 2 is 2.00 bits per heavy atom. The van der Waals surface area contributed by atoms with Gasteiger partial charge < -0.3 is 10.6 Å². The lowest BCUT2D eigenvalue weighted by atomic mass is 9.81. The summed E-state index contributed by atoms with van der Waals surface area (Å²) in [6, 6.07) is 8.43. The van der Waals surface area contributed by atoms with E-state index in [0.717, 1.165) is 45.3 Å². The summed E-state index contributed by atoms with van der Waals surface area (Å²) in [7, 11) is 0. The Labute approximate surface area is 128 Å². The van der Waals surface area contributed by atoms with E-state index in [4.69, 9.17) is 5.73 Å². The summed E-state index contributed by atoms with van der Waals surface area (Å²) < 4.78 is 0. The van der Waals surface area contributed by atoms with Gasteiger partial charge in [0.25, 0.3) is 0 Å². The molecular weight excluding hydrogens is 260 g/mol. The Hall–Kier alpha value is -1.35. The lowest BCUT2D eigenvalue weighted by molar-refractivity contribution is -0.137.